The molecule has 0 aliphatic carbocycles. The lowest BCUT2D eigenvalue weighted by Crippen LogP contribution is -2.00. The van der Waals surface area contributed by atoms with Gasteiger partial charge in [-0.05, 0) is 24.3 Å². The number of carboxylic acids is 1. The van der Waals surface area contributed by atoms with E-state index in [4.69, 9.17) is 5.11 Å². The van der Waals surface area contributed by atoms with E-state index < -0.39 is 5.97 Å². The van der Waals surface area contributed by atoms with E-state index in [2.05, 4.69) is 15.0 Å². The molecular formula is C13H9FN4O2S. The summed E-state index contributed by atoms with van der Waals surface area (Å²) >= 11 is 1.03. The van der Waals surface area contributed by atoms with Crippen LogP contribution in [0.3, 0.4) is 0 Å². The summed E-state index contributed by atoms with van der Waals surface area (Å²) in [5.41, 5.74) is 1.84. The minimum absolute atomic E-state index is 0.115. The van der Waals surface area contributed by atoms with Crippen molar-refractivity contribution in [2.75, 3.05) is 5.75 Å². The van der Waals surface area contributed by atoms with E-state index in [1.54, 1.807) is 23.0 Å². The van der Waals surface area contributed by atoms with Gasteiger partial charge in [0.15, 0.2) is 10.8 Å². The summed E-state index contributed by atoms with van der Waals surface area (Å²) in [5.74, 6) is -1.37. The predicted octanol–water partition coefficient (Wildman–Crippen LogP) is 2.13. The van der Waals surface area contributed by atoms with E-state index in [-0.39, 0.29) is 11.6 Å². The van der Waals surface area contributed by atoms with Crippen molar-refractivity contribution in [2.45, 2.75) is 5.16 Å². The van der Waals surface area contributed by atoms with Crippen LogP contribution in [0.15, 0.2) is 41.9 Å². The van der Waals surface area contributed by atoms with Crippen LogP contribution in [0.1, 0.15) is 0 Å². The summed E-state index contributed by atoms with van der Waals surface area (Å²) in [4.78, 5) is 23.1. The second kappa shape index (κ2) is 5.49. The van der Waals surface area contributed by atoms with Gasteiger partial charge in [0.05, 0.1) is 11.9 Å². The van der Waals surface area contributed by atoms with Crippen LogP contribution in [-0.2, 0) is 4.79 Å². The number of hydrogen-bond acceptors (Lipinski definition) is 5. The minimum atomic E-state index is -0.935. The smallest absolute Gasteiger partial charge is 0.313 e. The normalized spacial score (nSPS) is 10.9. The topological polar surface area (TPSA) is 80.9 Å². The minimum Gasteiger partial charge on any atom is -0.481 e. The lowest BCUT2D eigenvalue weighted by Gasteiger charge is -2.04. The molecule has 106 valence electrons. The van der Waals surface area contributed by atoms with E-state index >= 15 is 0 Å². The monoisotopic (exact) mass is 304 g/mol. The molecule has 1 aromatic carbocycles. The van der Waals surface area contributed by atoms with Crippen LogP contribution in [-0.4, -0.2) is 36.3 Å². The number of rotatable bonds is 4. The Hall–Kier alpha value is -2.48. The van der Waals surface area contributed by atoms with Crippen molar-refractivity contribution in [1.82, 2.24) is 19.5 Å². The zero-order chi connectivity index (χ0) is 14.8. The fourth-order valence-corrected chi connectivity index (χ4v) is 2.31. The largest absolute Gasteiger partial charge is 0.481 e. The van der Waals surface area contributed by atoms with E-state index in [1.807, 2.05) is 0 Å². The SMILES string of the molecule is O=C(O)CSc1ncc2ncn(-c3ccc(F)cc3)c2n1. The number of halogens is 1. The highest BCUT2D eigenvalue weighted by Gasteiger charge is 2.10. The molecule has 2 heterocycles. The Morgan fingerprint density at radius 2 is 2.05 bits per heavy atom. The molecule has 0 saturated heterocycles. The fraction of sp³-hybridized carbons (Fsp3) is 0.0769. The van der Waals surface area contributed by atoms with Gasteiger partial charge in [0.1, 0.15) is 17.7 Å². The Morgan fingerprint density at radius 1 is 1.29 bits per heavy atom. The summed E-state index contributed by atoms with van der Waals surface area (Å²) in [6.45, 7) is 0. The first kappa shape index (κ1) is 13.5. The van der Waals surface area contributed by atoms with Crippen LogP contribution < -0.4 is 0 Å². The summed E-state index contributed by atoms with van der Waals surface area (Å²) in [5, 5.41) is 9.03. The van der Waals surface area contributed by atoms with Crippen LogP contribution in [0, 0.1) is 5.82 Å². The predicted molar refractivity (Wildman–Crippen MR) is 75.0 cm³/mol. The Labute approximate surface area is 122 Å². The standard InChI is InChI=1S/C13H9FN4O2S/c14-8-1-3-9(4-2-8)18-7-16-10-5-15-13(17-12(10)18)21-6-11(19)20/h1-5,7H,6H2,(H,19,20). The highest BCUT2D eigenvalue weighted by atomic mass is 32.2. The van der Waals surface area contributed by atoms with Gasteiger partial charge in [0, 0.05) is 5.69 Å². The number of nitrogens with zero attached hydrogens (tertiary/aromatic N) is 4. The molecule has 0 aliphatic heterocycles. The van der Waals surface area contributed by atoms with E-state index in [0.717, 1.165) is 11.8 Å². The third-order valence-corrected chi connectivity index (χ3v) is 3.54. The first-order chi connectivity index (χ1) is 10.1. The Morgan fingerprint density at radius 3 is 2.76 bits per heavy atom. The third-order valence-electron chi connectivity index (χ3n) is 2.70. The van der Waals surface area contributed by atoms with Crippen LogP contribution in [0.4, 0.5) is 4.39 Å². The van der Waals surface area contributed by atoms with Crippen molar-refractivity contribution in [2.24, 2.45) is 0 Å². The van der Waals surface area contributed by atoms with Crippen LogP contribution in [0.25, 0.3) is 16.9 Å². The molecule has 6 nitrogen and oxygen atoms in total. The van der Waals surface area contributed by atoms with Gasteiger partial charge in [0.2, 0.25) is 0 Å². The lowest BCUT2D eigenvalue weighted by atomic mass is 10.3. The molecule has 21 heavy (non-hydrogen) atoms. The van der Waals surface area contributed by atoms with Gasteiger partial charge < -0.3 is 5.11 Å². The average Bonchev–Trinajstić information content (AvgIpc) is 2.89. The number of carbonyl (C=O) groups is 1. The fourth-order valence-electron chi connectivity index (χ4n) is 1.78. The van der Waals surface area contributed by atoms with Crippen molar-refractivity contribution in [1.29, 1.82) is 0 Å². The average molecular weight is 304 g/mol. The van der Waals surface area contributed by atoms with Gasteiger partial charge >= 0.3 is 5.97 Å². The molecule has 0 radical (unpaired) electrons. The quantitative estimate of drug-likeness (QED) is 0.587. The second-order valence-electron chi connectivity index (χ2n) is 4.13. The van der Waals surface area contributed by atoms with E-state index in [1.165, 1.54) is 18.3 Å². The van der Waals surface area contributed by atoms with Crippen LogP contribution in [0.5, 0.6) is 0 Å². The number of benzene rings is 1. The highest BCUT2D eigenvalue weighted by molar-refractivity contribution is 7.99. The maximum Gasteiger partial charge on any atom is 0.313 e. The maximum absolute atomic E-state index is 13.0. The van der Waals surface area contributed by atoms with E-state index in [0.29, 0.717) is 22.0 Å². The number of carboxylic acid groups (broad SMARTS) is 1. The molecule has 3 rings (SSSR count). The third kappa shape index (κ3) is 2.84. The van der Waals surface area contributed by atoms with Crippen molar-refractivity contribution < 1.29 is 14.3 Å². The molecule has 0 spiro atoms. The van der Waals surface area contributed by atoms with Gasteiger partial charge in [0.25, 0.3) is 0 Å². The Balaban J connectivity index is 2.01. The molecule has 0 unspecified atom stereocenters. The number of fused-ring (bicyclic) bond motifs is 1. The molecule has 1 N–H and O–H groups in total. The molecule has 0 fully saturated rings. The summed E-state index contributed by atoms with van der Waals surface area (Å²) in [7, 11) is 0. The van der Waals surface area contributed by atoms with E-state index in [9.17, 15) is 9.18 Å². The van der Waals surface area contributed by atoms with Gasteiger partial charge in [-0.2, -0.15) is 0 Å². The van der Waals surface area contributed by atoms with Gasteiger partial charge in [-0.15, -0.1) is 0 Å². The molecule has 3 aromatic rings. The molecular weight excluding hydrogens is 295 g/mol. The number of imidazole rings is 1. The number of thioether (sulfide) groups is 1. The van der Waals surface area contributed by atoms with Gasteiger partial charge in [-0.3, -0.25) is 9.36 Å². The molecule has 0 amide bonds. The molecule has 2 aromatic heterocycles. The van der Waals surface area contributed by atoms with Crippen molar-refractivity contribution in [3.8, 4) is 5.69 Å². The Kier molecular flexibility index (Phi) is 3.53. The van der Waals surface area contributed by atoms with Crippen molar-refractivity contribution in [3.05, 3.63) is 42.6 Å². The summed E-state index contributed by atoms with van der Waals surface area (Å²) < 4.78 is 14.7. The summed E-state index contributed by atoms with van der Waals surface area (Å²) in [6.07, 6.45) is 3.10. The number of aromatic nitrogens is 4. The molecule has 0 saturated carbocycles. The van der Waals surface area contributed by atoms with Crippen molar-refractivity contribution in [3.63, 3.8) is 0 Å². The Bertz CT molecular complexity index is 804. The number of aliphatic carboxylic acids is 1. The molecule has 8 heteroatoms. The zero-order valence-electron chi connectivity index (χ0n) is 10.6. The molecule has 0 aliphatic rings. The van der Waals surface area contributed by atoms with Gasteiger partial charge in [-0.1, -0.05) is 11.8 Å². The van der Waals surface area contributed by atoms with Crippen LogP contribution >= 0.6 is 11.8 Å². The maximum atomic E-state index is 13.0. The first-order valence-electron chi connectivity index (χ1n) is 5.94. The summed E-state index contributed by atoms with van der Waals surface area (Å²) in [6, 6.07) is 5.93. The number of hydrogen-bond donors (Lipinski definition) is 1. The van der Waals surface area contributed by atoms with Crippen LogP contribution in [0.2, 0.25) is 0 Å². The molecule has 0 atom stereocenters. The molecule has 0 bridgehead atoms. The first-order valence-corrected chi connectivity index (χ1v) is 6.92. The zero-order valence-corrected chi connectivity index (χ0v) is 11.4. The van der Waals surface area contributed by atoms with Gasteiger partial charge in [-0.25, -0.2) is 19.3 Å². The lowest BCUT2D eigenvalue weighted by molar-refractivity contribution is -0.133. The van der Waals surface area contributed by atoms with Crippen molar-refractivity contribution >= 4 is 28.9 Å². The highest BCUT2D eigenvalue weighted by Crippen LogP contribution is 2.19. The second-order valence-corrected chi connectivity index (χ2v) is 5.08.